The first-order valence-electron chi connectivity index (χ1n) is 6.72. The van der Waals surface area contributed by atoms with Crippen molar-refractivity contribution in [3.05, 3.63) is 66.4 Å². The lowest BCUT2D eigenvalue weighted by atomic mass is 10.2. The first-order valence-corrected chi connectivity index (χ1v) is 6.72. The molecule has 0 radical (unpaired) electrons. The van der Waals surface area contributed by atoms with Crippen LogP contribution in [0.4, 0.5) is 16.2 Å². The van der Waals surface area contributed by atoms with E-state index >= 15 is 0 Å². The summed E-state index contributed by atoms with van der Waals surface area (Å²) in [6, 6.07) is 18.7. The SMILES string of the molecule is Cc1ccc2cccc(NC(=O)Nc3ccccc3)c2n1. The smallest absolute Gasteiger partial charge is 0.308 e. The van der Waals surface area contributed by atoms with E-state index in [0.29, 0.717) is 5.69 Å². The van der Waals surface area contributed by atoms with E-state index in [9.17, 15) is 4.79 Å². The zero-order valence-corrected chi connectivity index (χ0v) is 11.6. The number of fused-ring (bicyclic) bond motifs is 1. The van der Waals surface area contributed by atoms with Crippen molar-refractivity contribution in [2.24, 2.45) is 0 Å². The van der Waals surface area contributed by atoms with E-state index in [4.69, 9.17) is 0 Å². The zero-order valence-electron chi connectivity index (χ0n) is 11.6. The molecule has 4 nitrogen and oxygen atoms in total. The molecule has 3 aromatic rings. The van der Waals surface area contributed by atoms with Gasteiger partial charge in [-0.1, -0.05) is 36.4 Å². The molecule has 0 fully saturated rings. The minimum absolute atomic E-state index is 0.281. The molecule has 21 heavy (non-hydrogen) atoms. The Hall–Kier alpha value is -2.88. The fourth-order valence-corrected chi connectivity index (χ4v) is 2.15. The summed E-state index contributed by atoms with van der Waals surface area (Å²) in [6.07, 6.45) is 0. The third kappa shape index (κ3) is 3.00. The number of nitrogens with zero attached hydrogens (tertiary/aromatic N) is 1. The van der Waals surface area contributed by atoms with Crippen LogP contribution in [0.2, 0.25) is 0 Å². The molecular formula is C17H15N3O. The molecule has 0 atom stereocenters. The highest BCUT2D eigenvalue weighted by molar-refractivity contribution is 6.05. The molecule has 0 saturated heterocycles. The Morgan fingerprint density at radius 3 is 2.52 bits per heavy atom. The van der Waals surface area contributed by atoms with Crippen molar-refractivity contribution in [3.63, 3.8) is 0 Å². The lowest BCUT2D eigenvalue weighted by Gasteiger charge is -2.10. The number of aryl methyl sites for hydroxylation is 1. The molecular weight excluding hydrogens is 262 g/mol. The molecule has 0 unspecified atom stereocenters. The fraction of sp³-hybridized carbons (Fsp3) is 0.0588. The van der Waals surface area contributed by atoms with Gasteiger partial charge in [-0.15, -0.1) is 0 Å². The maximum atomic E-state index is 12.1. The molecule has 0 saturated carbocycles. The van der Waals surface area contributed by atoms with Gasteiger partial charge < -0.3 is 10.6 Å². The van der Waals surface area contributed by atoms with Crippen LogP contribution in [0.1, 0.15) is 5.69 Å². The van der Waals surface area contributed by atoms with Gasteiger partial charge in [0.15, 0.2) is 0 Å². The number of rotatable bonds is 2. The summed E-state index contributed by atoms with van der Waals surface area (Å²) >= 11 is 0. The maximum absolute atomic E-state index is 12.1. The van der Waals surface area contributed by atoms with Gasteiger partial charge in [0, 0.05) is 16.8 Å². The Bertz CT molecular complexity index is 784. The molecule has 2 aromatic carbocycles. The van der Waals surface area contributed by atoms with E-state index in [0.717, 1.165) is 22.3 Å². The van der Waals surface area contributed by atoms with Crippen molar-refractivity contribution in [3.8, 4) is 0 Å². The van der Waals surface area contributed by atoms with Gasteiger partial charge in [0.2, 0.25) is 0 Å². The third-order valence-electron chi connectivity index (χ3n) is 3.14. The Labute approximate surface area is 122 Å². The highest BCUT2D eigenvalue weighted by Crippen LogP contribution is 2.22. The molecule has 2 N–H and O–H groups in total. The summed E-state index contributed by atoms with van der Waals surface area (Å²) in [7, 11) is 0. The molecule has 104 valence electrons. The van der Waals surface area contributed by atoms with Gasteiger partial charge in [-0.3, -0.25) is 4.98 Å². The van der Waals surface area contributed by atoms with Crippen molar-refractivity contribution in [2.45, 2.75) is 6.92 Å². The number of hydrogen-bond donors (Lipinski definition) is 2. The third-order valence-corrected chi connectivity index (χ3v) is 3.14. The Kier molecular flexibility index (Phi) is 3.51. The molecule has 1 aromatic heterocycles. The van der Waals surface area contributed by atoms with E-state index < -0.39 is 0 Å². The highest BCUT2D eigenvalue weighted by Gasteiger charge is 2.07. The second-order valence-corrected chi connectivity index (χ2v) is 4.78. The molecule has 0 aliphatic heterocycles. The number of aromatic nitrogens is 1. The molecule has 2 amide bonds. The largest absolute Gasteiger partial charge is 0.323 e. The highest BCUT2D eigenvalue weighted by atomic mass is 16.2. The predicted molar refractivity (Wildman–Crippen MR) is 85.6 cm³/mol. The molecule has 0 bridgehead atoms. The number of urea groups is 1. The van der Waals surface area contributed by atoms with Gasteiger partial charge in [0.1, 0.15) is 0 Å². The van der Waals surface area contributed by atoms with Crippen molar-refractivity contribution in [1.29, 1.82) is 0 Å². The topological polar surface area (TPSA) is 54.0 Å². The van der Waals surface area contributed by atoms with Gasteiger partial charge in [-0.25, -0.2) is 4.79 Å². The summed E-state index contributed by atoms with van der Waals surface area (Å²) in [6.45, 7) is 1.93. The summed E-state index contributed by atoms with van der Waals surface area (Å²) < 4.78 is 0. The van der Waals surface area contributed by atoms with Crippen molar-refractivity contribution < 1.29 is 4.79 Å². The van der Waals surface area contributed by atoms with E-state index in [-0.39, 0.29) is 6.03 Å². The number of nitrogens with one attached hydrogen (secondary N) is 2. The monoisotopic (exact) mass is 277 g/mol. The quantitative estimate of drug-likeness (QED) is 0.738. The maximum Gasteiger partial charge on any atom is 0.323 e. The molecule has 0 aliphatic carbocycles. The van der Waals surface area contributed by atoms with Gasteiger partial charge in [0.05, 0.1) is 11.2 Å². The normalized spacial score (nSPS) is 10.3. The number of anilines is 2. The number of carbonyl (C=O) groups excluding carboxylic acids is 1. The average molecular weight is 277 g/mol. The molecule has 3 rings (SSSR count). The second kappa shape index (κ2) is 5.63. The number of para-hydroxylation sites is 2. The first-order chi connectivity index (χ1) is 10.2. The minimum atomic E-state index is -0.281. The van der Waals surface area contributed by atoms with Crippen LogP contribution in [-0.2, 0) is 0 Å². The van der Waals surface area contributed by atoms with Gasteiger partial charge in [-0.2, -0.15) is 0 Å². The predicted octanol–water partition coefficient (Wildman–Crippen LogP) is 4.19. The van der Waals surface area contributed by atoms with Crippen LogP contribution >= 0.6 is 0 Å². The van der Waals surface area contributed by atoms with Crippen LogP contribution in [0.3, 0.4) is 0 Å². The standard InChI is InChI=1S/C17H15N3O/c1-12-10-11-13-6-5-9-15(16(13)18-12)20-17(21)19-14-7-3-2-4-8-14/h2-11H,1H3,(H2,19,20,21). The van der Waals surface area contributed by atoms with Gasteiger partial charge in [-0.05, 0) is 31.2 Å². The Morgan fingerprint density at radius 1 is 0.905 bits per heavy atom. The zero-order chi connectivity index (χ0) is 14.7. The average Bonchev–Trinajstić information content (AvgIpc) is 2.49. The van der Waals surface area contributed by atoms with Crippen LogP contribution in [0, 0.1) is 6.92 Å². The summed E-state index contributed by atoms with van der Waals surface area (Å²) in [5, 5.41) is 6.64. The number of benzene rings is 2. The molecule has 1 heterocycles. The molecule has 0 spiro atoms. The van der Waals surface area contributed by atoms with Crippen LogP contribution in [0.15, 0.2) is 60.7 Å². The van der Waals surface area contributed by atoms with Crippen molar-refractivity contribution in [2.75, 3.05) is 10.6 Å². The summed E-state index contributed by atoms with van der Waals surface area (Å²) in [5.41, 5.74) is 3.16. The number of carbonyl (C=O) groups is 1. The lowest BCUT2D eigenvalue weighted by Crippen LogP contribution is -2.19. The first kappa shape index (κ1) is 13.1. The van der Waals surface area contributed by atoms with Crippen LogP contribution in [0.25, 0.3) is 10.9 Å². The second-order valence-electron chi connectivity index (χ2n) is 4.78. The minimum Gasteiger partial charge on any atom is -0.308 e. The van der Waals surface area contributed by atoms with Crippen LogP contribution in [0.5, 0.6) is 0 Å². The van der Waals surface area contributed by atoms with E-state index in [1.165, 1.54) is 0 Å². The molecule has 0 aliphatic rings. The van der Waals surface area contributed by atoms with E-state index in [2.05, 4.69) is 15.6 Å². The summed E-state index contributed by atoms with van der Waals surface area (Å²) in [4.78, 5) is 16.6. The van der Waals surface area contributed by atoms with Crippen molar-refractivity contribution in [1.82, 2.24) is 4.98 Å². The molecule has 4 heteroatoms. The van der Waals surface area contributed by atoms with Gasteiger partial charge in [0.25, 0.3) is 0 Å². The van der Waals surface area contributed by atoms with Crippen molar-refractivity contribution >= 4 is 28.3 Å². The lowest BCUT2D eigenvalue weighted by molar-refractivity contribution is 0.262. The number of pyridine rings is 1. The number of amides is 2. The van der Waals surface area contributed by atoms with Gasteiger partial charge >= 0.3 is 6.03 Å². The van der Waals surface area contributed by atoms with Crippen LogP contribution in [-0.4, -0.2) is 11.0 Å². The summed E-state index contributed by atoms with van der Waals surface area (Å²) in [5.74, 6) is 0. The van der Waals surface area contributed by atoms with E-state index in [1.807, 2.05) is 67.6 Å². The fourth-order valence-electron chi connectivity index (χ4n) is 2.15. The van der Waals surface area contributed by atoms with E-state index in [1.54, 1.807) is 0 Å². The van der Waals surface area contributed by atoms with Crippen LogP contribution < -0.4 is 10.6 Å². The number of hydrogen-bond acceptors (Lipinski definition) is 2. The Morgan fingerprint density at radius 2 is 1.71 bits per heavy atom. The Balaban J connectivity index is 1.84.